The summed E-state index contributed by atoms with van der Waals surface area (Å²) in [6.07, 6.45) is 1.66. The summed E-state index contributed by atoms with van der Waals surface area (Å²) in [4.78, 5) is 12.6. The van der Waals surface area contributed by atoms with Crippen molar-refractivity contribution in [1.82, 2.24) is 14.8 Å². The highest BCUT2D eigenvalue weighted by Gasteiger charge is 2.19. The van der Waals surface area contributed by atoms with Gasteiger partial charge >= 0.3 is 0 Å². The number of aromatic nitrogens is 3. The van der Waals surface area contributed by atoms with Crippen molar-refractivity contribution in [2.24, 2.45) is 0 Å². The number of thioether (sulfide) groups is 1. The van der Waals surface area contributed by atoms with Crippen LogP contribution in [0.25, 0.3) is 0 Å². The number of methoxy groups -OCH3 is 1. The number of carbonyl (C=O) groups excluding carboxylic acids is 1. The minimum absolute atomic E-state index is 0.106. The van der Waals surface area contributed by atoms with E-state index in [9.17, 15) is 4.79 Å². The average molecular weight is 319 g/mol. The fourth-order valence-electron chi connectivity index (χ4n) is 2.02. The van der Waals surface area contributed by atoms with E-state index < -0.39 is 0 Å². The third-order valence-corrected chi connectivity index (χ3v) is 4.65. The van der Waals surface area contributed by atoms with Crippen LogP contribution in [0.3, 0.4) is 0 Å². The van der Waals surface area contributed by atoms with E-state index in [4.69, 9.17) is 4.74 Å². The van der Waals surface area contributed by atoms with Crippen LogP contribution in [-0.2, 0) is 11.3 Å². The van der Waals surface area contributed by atoms with Gasteiger partial charge in [-0.2, -0.15) is 0 Å². The number of aryl methyl sites for hydroxylation is 2. The molecule has 1 atom stereocenters. The molecule has 1 aromatic carbocycles. The SMILES string of the molecule is COCCn1cnnc1S[C@@H](C)C(=O)c1ccc(C)c(C)c1. The molecule has 0 radical (unpaired) electrons. The molecule has 0 saturated carbocycles. The molecule has 0 aliphatic carbocycles. The van der Waals surface area contributed by atoms with E-state index in [0.29, 0.717) is 13.2 Å². The number of Topliss-reactive ketones (excluding diaryl/α,β-unsaturated/α-hetero) is 1. The predicted molar refractivity (Wildman–Crippen MR) is 87.5 cm³/mol. The molecule has 0 spiro atoms. The third-order valence-electron chi connectivity index (χ3n) is 3.56. The summed E-state index contributed by atoms with van der Waals surface area (Å²) >= 11 is 1.42. The zero-order valence-corrected chi connectivity index (χ0v) is 14.2. The van der Waals surface area contributed by atoms with Gasteiger partial charge in [-0.3, -0.25) is 4.79 Å². The zero-order valence-electron chi connectivity index (χ0n) is 13.4. The number of rotatable bonds is 7. The van der Waals surface area contributed by atoms with Crippen molar-refractivity contribution in [3.8, 4) is 0 Å². The molecule has 0 saturated heterocycles. The summed E-state index contributed by atoms with van der Waals surface area (Å²) in [5.41, 5.74) is 3.06. The van der Waals surface area contributed by atoms with Gasteiger partial charge in [0.15, 0.2) is 10.9 Å². The maximum absolute atomic E-state index is 12.6. The van der Waals surface area contributed by atoms with Gasteiger partial charge in [0.1, 0.15) is 6.33 Å². The van der Waals surface area contributed by atoms with Gasteiger partial charge < -0.3 is 9.30 Å². The minimum atomic E-state index is -0.215. The number of benzene rings is 1. The third kappa shape index (κ3) is 3.96. The first-order valence-corrected chi connectivity index (χ1v) is 8.05. The molecule has 118 valence electrons. The highest BCUT2D eigenvalue weighted by atomic mass is 32.2. The first-order chi connectivity index (χ1) is 10.5. The molecule has 6 heteroatoms. The summed E-state index contributed by atoms with van der Waals surface area (Å²) in [5, 5.41) is 8.52. The molecule has 1 aromatic heterocycles. The molecular formula is C16H21N3O2S. The lowest BCUT2D eigenvalue weighted by atomic mass is 10.0. The largest absolute Gasteiger partial charge is 0.383 e. The van der Waals surface area contributed by atoms with Crippen molar-refractivity contribution in [3.05, 3.63) is 41.2 Å². The molecule has 0 unspecified atom stereocenters. The summed E-state index contributed by atoms with van der Waals surface area (Å²) in [6, 6.07) is 5.82. The predicted octanol–water partition coefficient (Wildman–Crippen LogP) is 2.90. The van der Waals surface area contributed by atoms with Gasteiger partial charge in [0.05, 0.1) is 11.9 Å². The van der Waals surface area contributed by atoms with Crippen molar-refractivity contribution >= 4 is 17.5 Å². The van der Waals surface area contributed by atoms with Crippen molar-refractivity contribution in [3.63, 3.8) is 0 Å². The maximum atomic E-state index is 12.6. The van der Waals surface area contributed by atoms with E-state index >= 15 is 0 Å². The maximum Gasteiger partial charge on any atom is 0.191 e. The van der Waals surface area contributed by atoms with E-state index in [2.05, 4.69) is 10.2 Å². The number of carbonyl (C=O) groups is 1. The molecule has 0 bridgehead atoms. The summed E-state index contributed by atoms with van der Waals surface area (Å²) < 4.78 is 6.96. The van der Waals surface area contributed by atoms with Gasteiger partial charge in [-0.15, -0.1) is 10.2 Å². The van der Waals surface area contributed by atoms with Crippen LogP contribution in [0.2, 0.25) is 0 Å². The highest BCUT2D eigenvalue weighted by Crippen LogP contribution is 2.24. The van der Waals surface area contributed by atoms with Gasteiger partial charge in [-0.1, -0.05) is 23.9 Å². The van der Waals surface area contributed by atoms with Crippen LogP contribution in [0.1, 0.15) is 28.4 Å². The Bertz CT molecular complexity index is 655. The Morgan fingerprint density at radius 3 is 2.82 bits per heavy atom. The molecule has 0 fully saturated rings. The summed E-state index contributed by atoms with van der Waals surface area (Å²) in [6.45, 7) is 7.23. The van der Waals surface area contributed by atoms with Gasteiger partial charge in [0.2, 0.25) is 0 Å². The second-order valence-electron chi connectivity index (χ2n) is 5.22. The number of nitrogens with zero attached hydrogens (tertiary/aromatic N) is 3. The quantitative estimate of drug-likeness (QED) is 0.580. The van der Waals surface area contributed by atoms with E-state index in [-0.39, 0.29) is 11.0 Å². The Morgan fingerprint density at radius 1 is 1.36 bits per heavy atom. The molecule has 1 heterocycles. The molecule has 2 rings (SSSR count). The standard InChI is InChI=1S/C16H21N3O2S/c1-11-5-6-14(9-12(11)2)15(20)13(3)22-16-18-17-10-19(16)7-8-21-4/h5-6,9-10,13H,7-8H2,1-4H3/t13-/m0/s1. The molecule has 0 N–H and O–H groups in total. The lowest BCUT2D eigenvalue weighted by molar-refractivity contribution is 0.0993. The van der Waals surface area contributed by atoms with Crippen LogP contribution in [-0.4, -0.2) is 39.5 Å². The Hall–Kier alpha value is -1.66. The zero-order chi connectivity index (χ0) is 16.1. The molecule has 5 nitrogen and oxygen atoms in total. The Labute approximate surface area is 135 Å². The number of ether oxygens (including phenoxy) is 1. The fourth-order valence-corrected chi connectivity index (χ4v) is 2.95. The van der Waals surface area contributed by atoms with Crippen molar-refractivity contribution in [2.75, 3.05) is 13.7 Å². The molecule has 0 aliphatic rings. The summed E-state index contributed by atoms with van der Waals surface area (Å²) in [5.74, 6) is 0.106. The van der Waals surface area contributed by atoms with Crippen LogP contribution in [0.4, 0.5) is 0 Å². The Kier molecular flexibility index (Phi) is 5.74. The topological polar surface area (TPSA) is 57.0 Å². The highest BCUT2D eigenvalue weighted by molar-refractivity contribution is 8.00. The molecule has 0 amide bonds. The van der Waals surface area contributed by atoms with Crippen LogP contribution < -0.4 is 0 Å². The molecule has 2 aromatic rings. The smallest absolute Gasteiger partial charge is 0.191 e. The lowest BCUT2D eigenvalue weighted by Gasteiger charge is -2.12. The monoisotopic (exact) mass is 319 g/mol. The van der Waals surface area contributed by atoms with E-state index in [1.807, 2.05) is 43.5 Å². The number of hydrogen-bond acceptors (Lipinski definition) is 5. The van der Waals surface area contributed by atoms with E-state index in [1.54, 1.807) is 13.4 Å². The van der Waals surface area contributed by atoms with Crippen LogP contribution in [0, 0.1) is 13.8 Å². The molecule has 22 heavy (non-hydrogen) atoms. The van der Waals surface area contributed by atoms with Crippen molar-refractivity contribution in [2.45, 2.75) is 37.7 Å². The van der Waals surface area contributed by atoms with Crippen molar-refractivity contribution < 1.29 is 9.53 Å². The lowest BCUT2D eigenvalue weighted by Crippen LogP contribution is -2.15. The van der Waals surface area contributed by atoms with Crippen LogP contribution in [0.5, 0.6) is 0 Å². The molecule has 0 aliphatic heterocycles. The second kappa shape index (κ2) is 7.56. The van der Waals surface area contributed by atoms with Gasteiger partial charge in [-0.05, 0) is 38.0 Å². The normalized spacial score (nSPS) is 12.4. The Morgan fingerprint density at radius 2 is 2.14 bits per heavy atom. The number of hydrogen-bond donors (Lipinski definition) is 0. The van der Waals surface area contributed by atoms with E-state index in [1.165, 1.54) is 17.3 Å². The van der Waals surface area contributed by atoms with Gasteiger partial charge in [0.25, 0.3) is 0 Å². The number of ketones is 1. The van der Waals surface area contributed by atoms with E-state index in [0.717, 1.165) is 16.3 Å². The Balaban J connectivity index is 2.08. The first kappa shape index (κ1) is 16.7. The average Bonchev–Trinajstić information content (AvgIpc) is 2.94. The van der Waals surface area contributed by atoms with Crippen LogP contribution in [0.15, 0.2) is 29.7 Å². The fraction of sp³-hybridized carbons (Fsp3) is 0.438. The second-order valence-corrected chi connectivity index (χ2v) is 6.53. The van der Waals surface area contributed by atoms with Gasteiger partial charge in [0, 0.05) is 19.2 Å². The molecular weight excluding hydrogens is 298 g/mol. The minimum Gasteiger partial charge on any atom is -0.383 e. The summed E-state index contributed by atoms with van der Waals surface area (Å²) in [7, 11) is 1.66. The van der Waals surface area contributed by atoms with Gasteiger partial charge in [-0.25, -0.2) is 0 Å². The van der Waals surface area contributed by atoms with Crippen LogP contribution >= 0.6 is 11.8 Å². The van der Waals surface area contributed by atoms with Crippen molar-refractivity contribution in [1.29, 1.82) is 0 Å². The first-order valence-electron chi connectivity index (χ1n) is 7.17.